The Morgan fingerprint density at radius 2 is 1.71 bits per heavy atom. The molecule has 0 fully saturated rings. The van der Waals surface area contributed by atoms with Gasteiger partial charge in [0, 0.05) is 4.47 Å². The van der Waals surface area contributed by atoms with Gasteiger partial charge in [-0.3, -0.25) is 14.6 Å². The third-order valence-electron chi connectivity index (χ3n) is 2.69. The van der Waals surface area contributed by atoms with Gasteiger partial charge in [0.05, 0.1) is 16.6 Å². The number of H-pyrrole nitrogens is 1. The van der Waals surface area contributed by atoms with Gasteiger partial charge in [-0.1, -0.05) is 28.1 Å². The van der Waals surface area contributed by atoms with E-state index in [1.54, 1.807) is 4.68 Å². The minimum absolute atomic E-state index is 0.0662. The highest BCUT2D eigenvalue weighted by molar-refractivity contribution is 9.10. The fourth-order valence-electron chi connectivity index (χ4n) is 1.88. The first-order chi connectivity index (χ1) is 8.25. The fraction of sp³-hybridized carbons (Fsp3) is 0. The van der Waals surface area contributed by atoms with E-state index in [0.717, 1.165) is 15.7 Å². The summed E-state index contributed by atoms with van der Waals surface area (Å²) in [6.07, 6.45) is 0. The molecule has 84 valence electrons. The van der Waals surface area contributed by atoms with E-state index in [-0.39, 0.29) is 5.56 Å². The smallest absolute Gasteiger partial charge is 0.267 e. The molecule has 3 aromatic rings. The number of nitrogens with zero attached hydrogens (tertiary/aromatic N) is 1. The maximum Gasteiger partial charge on any atom is 0.272 e. The van der Waals surface area contributed by atoms with Gasteiger partial charge >= 0.3 is 0 Å². The third-order valence-corrected chi connectivity index (χ3v) is 3.22. The normalized spacial score (nSPS) is 10.9. The Bertz CT molecular complexity index is 725. The number of hydrogen-bond donors (Lipinski definition) is 1. The molecule has 0 saturated heterocycles. The summed E-state index contributed by atoms with van der Waals surface area (Å²) in [5, 5.41) is 3.54. The molecule has 0 amide bonds. The van der Waals surface area contributed by atoms with Gasteiger partial charge in [-0.25, -0.2) is 0 Å². The molecule has 3 nitrogen and oxygen atoms in total. The number of fused-ring (bicyclic) bond motifs is 1. The molecule has 17 heavy (non-hydrogen) atoms. The molecule has 0 atom stereocenters. The maximum atomic E-state index is 11.8. The molecule has 0 saturated carbocycles. The Kier molecular flexibility index (Phi) is 2.37. The number of halogens is 1. The van der Waals surface area contributed by atoms with Gasteiger partial charge in [0.2, 0.25) is 0 Å². The molecule has 1 N–H and O–H groups in total. The lowest BCUT2D eigenvalue weighted by atomic mass is 10.2. The number of para-hydroxylation sites is 1. The summed E-state index contributed by atoms with van der Waals surface area (Å²) >= 11 is 3.39. The highest BCUT2D eigenvalue weighted by atomic mass is 79.9. The average Bonchev–Trinajstić information content (AvgIpc) is 2.69. The van der Waals surface area contributed by atoms with Crippen molar-refractivity contribution in [1.82, 2.24) is 9.78 Å². The molecule has 0 spiro atoms. The minimum Gasteiger partial charge on any atom is -0.267 e. The van der Waals surface area contributed by atoms with E-state index in [2.05, 4.69) is 21.0 Å². The highest BCUT2D eigenvalue weighted by Crippen LogP contribution is 2.17. The summed E-state index contributed by atoms with van der Waals surface area (Å²) in [7, 11) is 0. The van der Waals surface area contributed by atoms with Gasteiger partial charge in [0.15, 0.2) is 0 Å². The molecule has 2 aromatic carbocycles. The number of rotatable bonds is 1. The predicted molar refractivity (Wildman–Crippen MR) is 71.6 cm³/mol. The lowest BCUT2D eigenvalue weighted by Crippen LogP contribution is -2.03. The van der Waals surface area contributed by atoms with Crippen LogP contribution < -0.4 is 5.56 Å². The largest absolute Gasteiger partial charge is 0.272 e. The second-order valence-electron chi connectivity index (χ2n) is 3.77. The summed E-state index contributed by atoms with van der Waals surface area (Å²) < 4.78 is 2.81. The van der Waals surface area contributed by atoms with Crippen LogP contribution in [0.25, 0.3) is 16.6 Å². The molecule has 4 heteroatoms. The summed E-state index contributed by atoms with van der Waals surface area (Å²) in [6.45, 7) is 0. The van der Waals surface area contributed by atoms with Crippen molar-refractivity contribution in [3.63, 3.8) is 0 Å². The van der Waals surface area contributed by atoms with Crippen molar-refractivity contribution in [3.8, 4) is 5.69 Å². The van der Waals surface area contributed by atoms with Crippen molar-refractivity contribution < 1.29 is 0 Å². The zero-order chi connectivity index (χ0) is 11.8. The van der Waals surface area contributed by atoms with Gasteiger partial charge in [-0.05, 0) is 36.4 Å². The Balaban J connectivity index is 2.31. The van der Waals surface area contributed by atoms with Gasteiger partial charge in [0.25, 0.3) is 5.56 Å². The first-order valence-corrected chi connectivity index (χ1v) is 6.01. The van der Waals surface area contributed by atoms with Crippen molar-refractivity contribution in [1.29, 1.82) is 0 Å². The number of hydrogen-bond acceptors (Lipinski definition) is 1. The molecule has 0 aliphatic heterocycles. The first-order valence-electron chi connectivity index (χ1n) is 5.21. The number of benzene rings is 2. The second-order valence-corrected chi connectivity index (χ2v) is 4.69. The molecular weight excluding hydrogens is 280 g/mol. The standard InChI is InChI=1S/C13H9BrN2O/c14-9-5-7-10(8-6-9)16-12-4-2-1-3-11(12)13(17)15-16/h1-8H,(H,15,17). The van der Waals surface area contributed by atoms with Gasteiger partial charge < -0.3 is 0 Å². The summed E-state index contributed by atoms with van der Waals surface area (Å²) in [6, 6.07) is 15.3. The summed E-state index contributed by atoms with van der Waals surface area (Å²) in [5.74, 6) is 0. The predicted octanol–water partition coefficient (Wildman–Crippen LogP) is 3.08. The van der Waals surface area contributed by atoms with E-state index in [1.807, 2.05) is 48.5 Å². The zero-order valence-electron chi connectivity index (χ0n) is 8.85. The van der Waals surface area contributed by atoms with Crippen LogP contribution in [0, 0.1) is 0 Å². The van der Waals surface area contributed by atoms with Crippen molar-refractivity contribution in [2.45, 2.75) is 0 Å². The lowest BCUT2D eigenvalue weighted by molar-refractivity contribution is 0.891. The highest BCUT2D eigenvalue weighted by Gasteiger charge is 2.06. The second kappa shape index (κ2) is 3.89. The van der Waals surface area contributed by atoms with E-state index in [0.29, 0.717) is 5.39 Å². The van der Waals surface area contributed by atoms with Crippen LogP contribution in [0.2, 0.25) is 0 Å². The van der Waals surface area contributed by atoms with Crippen molar-refractivity contribution in [2.75, 3.05) is 0 Å². The SMILES string of the molecule is O=c1[nH]n(-c2ccc(Br)cc2)c2ccccc12. The van der Waals surface area contributed by atoms with E-state index in [4.69, 9.17) is 0 Å². The minimum atomic E-state index is -0.0662. The number of nitrogens with one attached hydrogen (secondary N) is 1. The zero-order valence-corrected chi connectivity index (χ0v) is 10.4. The van der Waals surface area contributed by atoms with Crippen LogP contribution in [0.15, 0.2) is 57.8 Å². The molecule has 0 aliphatic rings. The quantitative estimate of drug-likeness (QED) is 0.734. The van der Waals surface area contributed by atoms with Gasteiger partial charge in [0.1, 0.15) is 0 Å². The maximum absolute atomic E-state index is 11.8. The molecule has 0 aliphatic carbocycles. The topological polar surface area (TPSA) is 37.8 Å². The average molecular weight is 289 g/mol. The van der Waals surface area contributed by atoms with Crippen LogP contribution in [-0.2, 0) is 0 Å². The monoisotopic (exact) mass is 288 g/mol. The number of aromatic nitrogens is 2. The summed E-state index contributed by atoms with van der Waals surface area (Å²) in [5.41, 5.74) is 1.76. The van der Waals surface area contributed by atoms with Crippen LogP contribution in [-0.4, -0.2) is 9.78 Å². The van der Waals surface area contributed by atoms with Gasteiger partial charge in [-0.2, -0.15) is 0 Å². The molecule has 0 radical (unpaired) electrons. The fourth-order valence-corrected chi connectivity index (χ4v) is 2.14. The Morgan fingerprint density at radius 3 is 2.47 bits per heavy atom. The van der Waals surface area contributed by atoms with E-state index >= 15 is 0 Å². The van der Waals surface area contributed by atoms with Gasteiger partial charge in [-0.15, -0.1) is 0 Å². The molecular formula is C13H9BrN2O. The van der Waals surface area contributed by atoms with Crippen LogP contribution >= 0.6 is 15.9 Å². The van der Waals surface area contributed by atoms with Crippen LogP contribution in [0.1, 0.15) is 0 Å². The van der Waals surface area contributed by atoms with Crippen molar-refractivity contribution in [2.24, 2.45) is 0 Å². The van der Waals surface area contributed by atoms with Crippen molar-refractivity contribution in [3.05, 3.63) is 63.4 Å². The van der Waals surface area contributed by atoms with E-state index < -0.39 is 0 Å². The molecule has 0 bridgehead atoms. The molecule has 1 aromatic heterocycles. The van der Waals surface area contributed by atoms with Crippen molar-refractivity contribution >= 4 is 26.8 Å². The van der Waals surface area contributed by atoms with Crippen LogP contribution in [0.5, 0.6) is 0 Å². The Morgan fingerprint density at radius 1 is 1.00 bits per heavy atom. The first kappa shape index (κ1) is 10.4. The molecule has 3 rings (SSSR count). The number of aromatic amines is 1. The molecule has 1 heterocycles. The molecule has 0 unspecified atom stereocenters. The van der Waals surface area contributed by atoms with Crippen LogP contribution in [0.3, 0.4) is 0 Å². The van der Waals surface area contributed by atoms with E-state index in [1.165, 1.54) is 0 Å². The lowest BCUT2D eigenvalue weighted by Gasteiger charge is -2.04. The Hall–Kier alpha value is -1.81. The Labute approximate surface area is 106 Å². The van der Waals surface area contributed by atoms with E-state index in [9.17, 15) is 4.79 Å². The van der Waals surface area contributed by atoms with Crippen LogP contribution in [0.4, 0.5) is 0 Å². The summed E-state index contributed by atoms with van der Waals surface area (Å²) in [4.78, 5) is 11.8. The third kappa shape index (κ3) is 1.70.